The molecular weight excluding hydrogens is 369 g/mol. The van der Waals surface area contributed by atoms with Gasteiger partial charge < -0.3 is 9.73 Å². The number of ketones is 1. The quantitative estimate of drug-likeness (QED) is 0.506. The van der Waals surface area contributed by atoms with Gasteiger partial charge in [-0.15, -0.1) is 10.2 Å². The van der Waals surface area contributed by atoms with Crippen LogP contribution in [0.3, 0.4) is 0 Å². The standard InChI is InChI=1S/C19H16FN3O3S/c1-11(24)14-4-3-5-16(10-14)21-17(25)12(2)27-19-23-22-18(26-19)13-6-8-15(20)9-7-13/h3-10,12H,1-2H3,(H,21,25)/t12-/m1/s1. The average molecular weight is 385 g/mol. The van der Waals surface area contributed by atoms with Crippen LogP contribution in [0.1, 0.15) is 24.2 Å². The number of carbonyl (C=O) groups is 2. The SMILES string of the molecule is CC(=O)c1cccc(NC(=O)[C@@H](C)Sc2nnc(-c3ccc(F)cc3)o2)c1. The predicted molar refractivity (Wildman–Crippen MR) is 100 cm³/mol. The van der Waals surface area contributed by atoms with Crippen LogP contribution < -0.4 is 5.32 Å². The second kappa shape index (κ2) is 8.13. The Bertz CT molecular complexity index is 972. The van der Waals surface area contributed by atoms with Gasteiger partial charge in [0.1, 0.15) is 5.82 Å². The third kappa shape index (κ3) is 4.79. The van der Waals surface area contributed by atoms with Gasteiger partial charge in [-0.2, -0.15) is 0 Å². The number of nitrogens with zero attached hydrogens (tertiary/aromatic N) is 2. The number of nitrogens with one attached hydrogen (secondary N) is 1. The van der Waals surface area contributed by atoms with E-state index in [1.807, 2.05) is 0 Å². The minimum Gasteiger partial charge on any atom is -0.411 e. The average Bonchev–Trinajstić information content (AvgIpc) is 3.11. The molecule has 0 radical (unpaired) electrons. The molecule has 6 nitrogen and oxygen atoms in total. The second-order valence-corrected chi connectivity index (χ2v) is 7.06. The first-order chi connectivity index (χ1) is 12.9. The molecule has 0 aliphatic carbocycles. The number of hydrogen-bond acceptors (Lipinski definition) is 6. The molecule has 1 atom stereocenters. The maximum absolute atomic E-state index is 13.0. The number of Topliss-reactive ketones (excluding diaryl/α,β-unsaturated/α-hetero) is 1. The van der Waals surface area contributed by atoms with Crippen molar-refractivity contribution in [2.75, 3.05) is 5.32 Å². The van der Waals surface area contributed by atoms with Crippen molar-refractivity contribution in [3.63, 3.8) is 0 Å². The van der Waals surface area contributed by atoms with Crippen molar-refractivity contribution in [1.29, 1.82) is 0 Å². The van der Waals surface area contributed by atoms with Crippen molar-refractivity contribution in [1.82, 2.24) is 10.2 Å². The molecule has 1 heterocycles. The van der Waals surface area contributed by atoms with Gasteiger partial charge in [0.2, 0.25) is 11.8 Å². The van der Waals surface area contributed by atoms with Crippen LogP contribution in [0.25, 0.3) is 11.5 Å². The van der Waals surface area contributed by atoms with Crippen LogP contribution >= 0.6 is 11.8 Å². The minimum absolute atomic E-state index is 0.0762. The fourth-order valence-corrected chi connectivity index (χ4v) is 2.91. The van der Waals surface area contributed by atoms with Crippen molar-refractivity contribution in [3.8, 4) is 11.5 Å². The molecule has 0 bridgehead atoms. The number of aromatic nitrogens is 2. The van der Waals surface area contributed by atoms with E-state index in [0.29, 0.717) is 16.8 Å². The van der Waals surface area contributed by atoms with E-state index < -0.39 is 5.25 Å². The van der Waals surface area contributed by atoms with Crippen LogP contribution in [0.15, 0.2) is 58.2 Å². The lowest BCUT2D eigenvalue weighted by Gasteiger charge is -2.10. The molecule has 138 valence electrons. The van der Waals surface area contributed by atoms with E-state index in [1.165, 1.54) is 31.2 Å². The van der Waals surface area contributed by atoms with Gasteiger partial charge in [0.05, 0.1) is 5.25 Å². The van der Waals surface area contributed by atoms with Crippen LogP contribution in [0.4, 0.5) is 10.1 Å². The highest BCUT2D eigenvalue weighted by Crippen LogP contribution is 2.27. The summed E-state index contributed by atoms with van der Waals surface area (Å²) in [6.45, 7) is 3.17. The zero-order valence-corrected chi connectivity index (χ0v) is 15.4. The third-order valence-electron chi connectivity index (χ3n) is 3.68. The van der Waals surface area contributed by atoms with Gasteiger partial charge in [-0.1, -0.05) is 23.9 Å². The summed E-state index contributed by atoms with van der Waals surface area (Å²) in [7, 11) is 0. The number of benzene rings is 2. The van der Waals surface area contributed by atoms with E-state index >= 15 is 0 Å². The third-order valence-corrected chi connectivity index (χ3v) is 4.62. The summed E-state index contributed by atoms with van der Waals surface area (Å²) >= 11 is 1.11. The fraction of sp³-hybridized carbons (Fsp3) is 0.158. The first-order valence-electron chi connectivity index (χ1n) is 8.10. The van der Waals surface area contributed by atoms with E-state index in [2.05, 4.69) is 15.5 Å². The topological polar surface area (TPSA) is 85.1 Å². The number of halogens is 1. The van der Waals surface area contributed by atoms with Gasteiger partial charge in [-0.3, -0.25) is 9.59 Å². The lowest BCUT2D eigenvalue weighted by atomic mass is 10.1. The van der Waals surface area contributed by atoms with Gasteiger partial charge in [0, 0.05) is 16.8 Å². The van der Waals surface area contributed by atoms with Crippen molar-refractivity contribution in [3.05, 3.63) is 59.9 Å². The molecule has 0 saturated heterocycles. The number of amides is 1. The molecule has 3 aromatic rings. The largest absolute Gasteiger partial charge is 0.411 e. The molecule has 0 aliphatic heterocycles. The first kappa shape index (κ1) is 18.8. The van der Waals surface area contributed by atoms with Gasteiger partial charge in [-0.05, 0) is 50.2 Å². The molecule has 2 aromatic carbocycles. The molecule has 0 spiro atoms. The summed E-state index contributed by atoms with van der Waals surface area (Å²) in [5.41, 5.74) is 1.65. The van der Waals surface area contributed by atoms with Crippen molar-refractivity contribution >= 4 is 29.1 Å². The summed E-state index contributed by atoms with van der Waals surface area (Å²) in [6.07, 6.45) is 0. The van der Waals surface area contributed by atoms with Gasteiger partial charge in [0.15, 0.2) is 5.78 Å². The highest BCUT2D eigenvalue weighted by Gasteiger charge is 2.19. The van der Waals surface area contributed by atoms with Crippen LogP contribution in [-0.4, -0.2) is 27.1 Å². The van der Waals surface area contributed by atoms with Crippen LogP contribution in [-0.2, 0) is 4.79 Å². The summed E-state index contributed by atoms with van der Waals surface area (Å²) < 4.78 is 18.5. The Morgan fingerprint density at radius 2 is 1.89 bits per heavy atom. The highest BCUT2D eigenvalue weighted by molar-refractivity contribution is 8.00. The van der Waals surface area contributed by atoms with E-state index in [1.54, 1.807) is 31.2 Å². The van der Waals surface area contributed by atoms with Crippen LogP contribution in [0.2, 0.25) is 0 Å². The maximum atomic E-state index is 13.0. The highest BCUT2D eigenvalue weighted by atomic mass is 32.2. The Morgan fingerprint density at radius 1 is 1.15 bits per heavy atom. The molecular formula is C19H16FN3O3S. The van der Waals surface area contributed by atoms with E-state index in [0.717, 1.165) is 11.8 Å². The maximum Gasteiger partial charge on any atom is 0.277 e. The molecule has 0 unspecified atom stereocenters. The lowest BCUT2D eigenvalue weighted by molar-refractivity contribution is -0.115. The zero-order chi connectivity index (χ0) is 19.4. The van der Waals surface area contributed by atoms with Crippen molar-refractivity contribution in [2.24, 2.45) is 0 Å². The fourth-order valence-electron chi connectivity index (χ4n) is 2.23. The molecule has 1 N–H and O–H groups in total. The number of carbonyl (C=O) groups excluding carboxylic acids is 2. The predicted octanol–water partition coefficient (Wildman–Crippen LogP) is 4.20. The Balaban J connectivity index is 1.64. The van der Waals surface area contributed by atoms with E-state index in [9.17, 15) is 14.0 Å². The van der Waals surface area contributed by atoms with Gasteiger partial charge >= 0.3 is 0 Å². The monoisotopic (exact) mass is 385 g/mol. The smallest absolute Gasteiger partial charge is 0.277 e. The van der Waals surface area contributed by atoms with Crippen LogP contribution in [0, 0.1) is 5.82 Å². The van der Waals surface area contributed by atoms with Gasteiger partial charge in [0.25, 0.3) is 5.22 Å². The Kier molecular flexibility index (Phi) is 5.66. The van der Waals surface area contributed by atoms with Gasteiger partial charge in [-0.25, -0.2) is 4.39 Å². The molecule has 0 aliphatic rings. The number of rotatable bonds is 6. The summed E-state index contributed by atoms with van der Waals surface area (Å²) in [5, 5.41) is 10.3. The first-order valence-corrected chi connectivity index (χ1v) is 8.98. The van der Waals surface area contributed by atoms with E-state index in [4.69, 9.17) is 4.42 Å². The van der Waals surface area contributed by atoms with E-state index in [-0.39, 0.29) is 28.6 Å². The Hall–Kier alpha value is -3.00. The van der Waals surface area contributed by atoms with Crippen molar-refractivity contribution < 1.29 is 18.4 Å². The lowest BCUT2D eigenvalue weighted by Crippen LogP contribution is -2.22. The zero-order valence-electron chi connectivity index (χ0n) is 14.6. The summed E-state index contributed by atoms with van der Waals surface area (Å²) in [4.78, 5) is 23.8. The summed E-state index contributed by atoms with van der Waals surface area (Å²) in [5.74, 6) is -0.443. The number of anilines is 1. The summed E-state index contributed by atoms with van der Waals surface area (Å²) in [6, 6.07) is 12.4. The Labute approximate surface area is 159 Å². The Morgan fingerprint density at radius 3 is 2.59 bits per heavy atom. The molecule has 8 heteroatoms. The molecule has 1 aromatic heterocycles. The molecule has 0 fully saturated rings. The number of hydrogen-bond donors (Lipinski definition) is 1. The van der Waals surface area contributed by atoms with Crippen molar-refractivity contribution in [2.45, 2.75) is 24.3 Å². The minimum atomic E-state index is -0.507. The normalized spacial score (nSPS) is 11.8. The molecule has 1 amide bonds. The molecule has 3 rings (SSSR count). The van der Waals surface area contributed by atoms with Crippen LogP contribution in [0.5, 0.6) is 0 Å². The molecule has 0 saturated carbocycles. The number of thioether (sulfide) groups is 1. The molecule has 27 heavy (non-hydrogen) atoms. The second-order valence-electron chi connectivity index (χ2n) is 5.77.